The molecule has 0 atom stereocenters. The molecule has 1 heterocycles. The SMILES string of the molecule is O=C/C(=C\Nc1ccc(I)cc1)c1nc2cc(Cl)ccc2o1. The molecule has 3 rings (SSSR count). The van der Waals surface area contributed by atoms with Gasteiger partial charge >= 0.3 is 0 Å². The lowest BCUT2D eigenvalue weighted by Crippen LogP contribution is -1.93. The highest BCUT2D eigenvalue weighted by molar-refractivity contribution is 14.1. The maximum atomic E-state index is 11.3. The molecule has 0 amide bonds. The van der Waals surface area contributed by atoms with E-state index in [-0.39, 0.29) is 5.89 Å². The predicted octanol–water partition coefficient (Wildman–Crippen LogP) is 4.74. The van der Waals surface area contributed by atoms with Gasteiger partial charge in [-0.2, -0.15) is 0 Å². The van der Waals surface area contributed by atoms with Crippen LogP contribution in [0.3, 0.4) is 0 Å². The van der Waals surface area contributed by atoms with Gasteiger partial charge in [0.15, 0.2) is 11.9 Å². The largest absolute Gasteiger partial charge is 0.436 e. The molecule has 0 spiro atoms. The minimum Gasteiger partial charge on any atom is -0.436 e. The third-order valence-corrected chi connectivity index (χ3v) is 3.92. The van der Waals surface area contributed by atoms with Crippen molar-refractivity contribution in [1.82, 2.24) is 4.98 Å². The smallest absolute Gasteiger partial charge is 0.232 e. The Balaban J connectivity index is 1.89. The van der Waals surface area contributed by atoms with Crippen LogP contribution < -0.4 is 5.32 Å². The number of oxazole rings is 1. The number of anilines is 1. The molecule has 0 saturated carbocycles. The van der Waals surface area contributed by atoms with Gasteiger partial charge < -0.3 is 9.73 Å². The number of aldehydes is 1. The van der Waals surface area contributed by atoms with Gasteiger partial charge in [0.1, 0.15) is 5.52 Å². The van der Waals surface area contributed by atoms with Crippen molar-refractivity contribution >= 4 is 62.8 Å². The number of aromatic nitrogens is 1. The molecule has 6 heteroatoms. The lowest BCUT2D eigenvalue weighted by Gasteiger charge is -2.01. The number of nitrogens with zero attached hydrogens (tertiary/aromatic N) is 1. The van der Waals surface area contributed by atoms with E-state index in [4.69, 9.17) is 16.0 Å². The van der Waals surface area contributed by atoms with Crippen molar-refractivity contribution in [2.75, 3.05) is 5.32 Å². The van der Waals surface area contributed by atoms with E-state index in [2.05, 4.69) is 32.9 Å². The molecule has 0 aliphatic rings. The Labute approximate surface area is 145 Å². The summed E-state index contributed by atoms with van der Waals surface area (Å²) < 4.78 is 6.71. The van der Waals surface area contributed by atoms with Gasteiger partial charge in [-0.1, -0.05) is 11.6 Å². The molecule has 1 N–H and O–H groups in total. The first-order valence-electron chi connectivity index (χ1n) is 6.39. The Kier molecular flexibility index (Phi) is 4.44. The summed E-state index contributed by atoms with van der Waals surface area (Å²) in [4.78, 5) is 15.6. The van der Waals surface area contributed by atoms with Crippen LogP contribution in [0.1, 0.15) is 5.89 Å². The van der Waals surface area contributed by atoms with Crippen molar-refractivity contribution in [3.63, 3.8) is 0 Å². The highest BCUT2D eigenvalue weighted by Crippen LogP contribution is 2.23. The average molecular weight is 425 g/mol. The molecule has 22 heavy (non-hydrogen) atoms. The standard InChI is InChI=1S/C16H10ClIN2O2/c17-11-1-6-15-14(7-11)20-16(22-15)10(9-21)8-19-13-4-2-12(18)3-5-13/h1-9,19H/b10-8+. The summed E-state index contributed by atoms with van der Waals surface area (Å²) in [6.07, 6.45) is 2.27. The Morgan fingerprint density at radius 2 is 2.00 bits per heavy atom. The van der Waals surface area contributed by atoms with E-state index in [1.54, 1.807) is 24.4 Å². The van der Waals surface area contributed by atoms with Crippen molar-refractivity contribution in [3.05, 3.63) is 63.1 Å². The summed E-state index contributed by atoms with van der Waals surface area (Å²) >= 11 is 8.15. The lowest BCUT2D eigenvalue weighted by molar-refractivity contribution is -0.103. The molecule has 0 unspecified atom stereocenters. The Hall–Kier alpha value is -1.86. The summed E-state index contributed by atoms with van der Waals surface area (Å²) in [5, 5.41) is 3.62. The van der Waals surface area contributed by atoms with E-state index in [0.717, 1.165) is 9.26 Å². The molecule has 4 nitrogen and oxygen atoms in total. The average Bonchev–Trinajstić information content (AvgIpc) is 2.92. The number of nitrogens with one attached hydrogen (secondary N) is 1. The molecule has 110 valence electrons. The van der Waals surface area contributed by atoms with Crippen LogP contribution in [0.25, 0.3) is 16.7 Å². The van der Waals surface area contributed by atoms with Crippen LogP contribution in [0, 0.1) is 3.57 Å². The number of rotatable bonds is 4. The molecular formula is C16H10ClIN2O2. The van der Waals surface area contributed by atoms with Gasteiger partial charge in [0, 0.05) is 20.5 Å². The molecular weight excluding hydrogens is 415 g/mol. The maximum absolute atomic E-state index is 11.3. The first kappa shape index (κ1) is 15.1. The van der Waals surface area contributed by atoms with Crippen LogP contribution in [0.2, 0.25) is 5.02 Å². The van der Waals surface area contributed by atoms with Gasteiger partial charge in [0.2, 0.25) is 5.89 Å². The van der Waals surface area contributed by atoms with Gasteiger partial charge in [0.05, 0.1) is 5.57 Å². The summed E-state index contributed by atoms with van der Waals surface area (Å²) in [5.74, 6) is 0.255. The van der Waals surface area contributed by atoms with Crippen molar-refractivity contribution in [3.8, 4) is 0 Å². The zero-order chi connectivity index (χ0) is 15.5. The van der Waals surface area contributed by atoms with Gasteiger partial charge in [-0.3, -0.25) is 4.79 Å². The second-order valence-electron chi connectivity index (χ2n) is 4.50. The fourth-order valence-electron chi connectivity index (χ4n) is 1.88. The fraction of sp³-hybridized carbons (Fsp3) is 0. The van der Waals surface area contributed by atoms with Crippen LogP contribution in [-0.2, 0) is 4.79 Å². The number of carbonyl (C=O) groups is 1. The highest BCUT2D eigenvalue weighted by Gasteiger charge is 2.10. The molecule has 0 radical (unpaired) electrons. The third kappa shape index (κ3) is 3.31. The zero-order valence-corrected chi connectivity index (χ0v) is 14.1. The minimum absolute atomic E-state index is 0.255. The summed E-state index contributed by atoms with van der Waals surface area (Å²) in [5.41, 5.74) is 2.40. The molecule has 0 bridgehead atoms. The van der Waals surface area contributed by atoms with E-state index in [1.165, 1.54) is 0 Å². The molecule has 1 aromatic heterocycles. The van der Waals surface area contributed by atoms with Crippen molar-refractivity contribution in [2.45, 2.75) is 0 Å². The Morgan fingerprint density at radius 3 is 2.73 bits per heavy atom. The summed E-state index contributed by atoms with van der Waals surface area (Å²) in [6, 6.07) is 12.9. The first-order valence-corrected chi connectivity index (χ1v) is 7.85. The number of fused-ring (bicyclic) bond motifs is 1. The minimum atomic E-state index is 0.255. The van der Waals surface area contributed by atoms with Gasteiger partial charge in [-0.15, -0.1) is 0 Å². The molecule has 0 saturated heterocycles. The van der Waals surface area contributed by atoms with E-state index in [1.807, 2.05) is 24.3 Å². The molecule has 3 aromatic rings. The van der Waals surface area contributed by atoms with Gasteiger partial charge in [-0.05, 0) is 65.1 Å². The van der Waals surface area contributed by atoms with Crippen LogP contribution >= 0.6 is 34.2 Å². The van der Waals surface area contributed by atoms with E-state index >= 15 is 0 Å². The number of halogens is 2. The quantitative estimate of drug-likeness (QED) is 0.373. The normalized spacial score (nSPS) is 11.6. The van der Waals surface area contributed by atoms with Crippen LogP contribution in [0.15, 0.2) is 53.1 Å². The zero-order valence-electron chi connectivity index (χ0n) is 11.2. The number of hydrogen-bond donors (Lipinski definition) is 1. The van der Waals surface area contributed by atoms with Crippen molar-refractivity contribution in [1.29, 1.82) is 0 Å². The van der Waals surface area contributed by atoms with Crippen molar-refractivity contribution in [2.24, 2.45) is 0 Å². The molecule has 0 aliphatic carbocycles. The fourth-order valence-corrected chi connectivity index (χ4v) is 2.40. The highest BCUT2D eigenvalue weighted by atomic mass is 127. The lowest BCUT2D eigenvalue weighted by atomic mass is 10.3. The van der Waals surface area contributed by atoms with Crippen molar-refractivity contribution < 1.29 is 9.21 Å². The first-order chi connectivity index (χ1) is 10.7. The van der Waals surface area contributed by atoms with Gasteiger partial charge in [0.25, 0.3) is 0 Å². The summed E-state index contributed by atoms with van der Waals surface area (Å²) in [7, 11) is 0. The topological polar surface area (TPSA) is 55.1 Å². The molecule has 0 fully saturated rings. The molecule has 0 aliphatic heterocycles. The number of benzene rings is 2. The monoisotopic (exact) mass is 424 g/mol. The third-order valence-electron chi connectivity index (χ3n) is 2.96. The maximum Gasteiger partial charge on any atom is 0.232 e. The predicted molar refractivity (Wildman–Crippen MR) is 95.8 cm³/mol. The molecule has 2 aromatic carbocycles. The summed E-state index contributed by atoms with van der Waals surface area (Å²) in [6.45, 7) is 0. The Morgan fingerprint density at radius 1 is 1.23 bits per heavy atom. The number of carbonyl (C=O) groups excluding carboxylic acids is 1. The second kappa shape index (κ2) is 6.50. The second-order valence-corrected chi connectivity index (χ2v) is 6.18. The van der Waals surface area contributed by atoms with E-state index < -0.39 is 0 Å². The van der Waals surface area contributed by atoms with Crippen LogP contribution in [-0.4, -0.2) is 11.3 Å². The number of hydrogen-bond acceptors (Lipinski definition) is 4. The van der Waals surface area contributed by atoms with Gasteiger partial charge in [-0.25, -0.2) is 4.98 Å². The van der Waals surface area contributed by atoms with Crippen LogP contribution in [0.4, 0.5) is 5.69 Å². The van der Waals surface area contributed by atoms with E-state index in [0.29, 0.717) is 28.0 Å². The van der Waals surface area contributed by atoms with Crippen LogP contribution in [0.5, 0.6) is 0 Å². The van der Waals surface area contributed by atoms with E-state index in [9.17, 15) is 4.79 Å². The number of allylic oxidation sites excluding steroid dienone is 1. The Bertz CT molecular complexity index is 856.